The summed E-state index contributed by atoms with van der Waals surface area (Å²) in [5.41, 5.74) is 2.17. The van der Waals surface area contributed by atoms with Crippen molar-refractivity contribution in [3.05, 3.63) is 48.0 Å². The van der Waals surface area contributed by atoms with Gasteiger partial charge in [0.2, 0.25) is 11.7 Å². The van der Waals surface area contributed by atoms with Gasteiger partial charge in [-0.3, -0.25) is 19.2 Å². The van der Waals surface area contributed by atoms with Crippen molar-refractivity contribution in [1.29, 1.82) is 0 Å². The first kappa shape index (κ1) is 30.9. The molecule has 42 heavy (non-hydrogen) atoms. The lowest BCUT2D eigenvalue weighted by molar-refractivity contribution is -0.140. The molecule has 3 N–H and O–H groups in total. The molecule has 0 unspecified atom stereocenters. The van der Waals surface area contributed by atoms with Crippen LogP contribution in [0, 0.1) is 5.92 Å². The molecule has 1 fully saturated rings. The third-order valence-corrected chi connectivity index (χ3v) is 7.42. The first-order chi connectivity index (χ1) is 20.2. The van der Waals surface area contributed by atoms with Gasteiger partial charge in [-0.2, -0.15) is 5.10 Å². The van der Waals surface area contributed by atoms with E-state index in [1.54, 1.807) is 24.6 Å². The summed E-state index contributed by atoms with van der Waals surface area (Å²) in [5, 5.41) is 19.9. The SMILES string of the molecule is CCC(CC)NC(=O)c1cnc(-c2cccc(-c3cc(C(=O)N[C@H](C(=O)O)C(C)C)n(CCN4CCOCC4)n3)c2)o1. The third kappa shape index (κ3) is 7.62. The molecule has 3 heterocycles. The molecule has 2 aromatic heterocycles. The van der Waals surface area contributed by atoms with Crippen LogP contribution in [0.4, 0.5) is 0 Å². The molecule has 4 rings (SSSR count). The van der Waals surface area contributed by atoms with E-state index in [1.165, 1.54) is 6.20 Å². The molecule has 12 heteroatoms. The van der Waals surface area contributed by atoms with E-state index < -0.39 is 17.9 Å². The lowest BCUT2D eigenvalue weighted by atomic mass is 10.0. The second-order valence-electron chi connectivity index (χ2n) is 10.7. The van der Waals surface area contributed by atoms with E-state index in [0.717, 1.165) is 25.9 Å². The van der Waals surface area contributed by atoms with Gasteiger partial charge in [-0.05, 0) is 37.0 Å². The molecule has 0 spiro atoms. The van der Waals surface area contributed by atoms with Crippen LogP contribution in [0.5, 0.6) is 0 Å². The molecule has 0 saturated carbocycles. The molecule has 3 aromatic rings. The van der Waals surface area contributed by atoms with Crippen molar-refractivity contribution in [3.63, 3.8) is 0 Å². The Kier molecular flexibility index (Phi) is 10.5. The van der Waals surface area contributed by atoms with Crippen molar-refractivity contribution in [2.45, 2.75) is 59.2 Å². The molecule has 0 radical (unpaired) electrons. The van der Waals surface area contributed by atoms with Crippen LogP contribution < -0.4 is 10.6 Å². The first-order valence-corrected chi connectivity index (χ1v) is 14.5. The summed E-state index contributed by atoms with van der Waals surface area (Å²) in [7, 11) is 0. The number of rotatable bonds is 13. The number of oxazole rings is 1. The number of morpholine rings is 1. The normalized spacial score (nSPS) is 14.7. The quantitative estimate of drug-likeness (QED) is 0.277. The van der Waals surface area contributed by atoms with Crippen LogP contribution in [-0.4, -0.2) is 87.5 Å². The van der Waals surface area contributed by atoms with Gasteiger partial charge < -0.3 is 24.9 Å². The van der Waals surface area contributed by atoms with Crippen LogP contribution in [0.2, 0.25) is 0 Å². The van der Waals surface area contributed by atoms with Crippen molar-refractivity contribution < 1.29 is 28.6 Å². The lowest BCUT2D eigenvalue weighted by Gasteiger charge is -2.26. The summed E-state index contributed by atoms with van der Waals surface area (Å²) in [4.78, 5) is 44.2. The zero-order valence-electron chi connectivity index (χ0n) is 24.6. The zero-order chi connectivity index (χ0) is 30.2. The topological polar surface area (TPSA) is 152 Å². The molecule has 1 atom stereocenters. The standard InChI is InChI=1S/C30H40N6O6/c1-5-22(6-2)32-28(38)25-18-31-29(42-25)21-9-7-8-20(16-21)23-17-24(27(37)33-26(19(3)4)30(39)40)36(34-23)11-10-35-12-14-41-15-13-35/h7-9,16-19,22,26H,5-6,10-15H2,1-4H3,(H,32,38)(H,33,37)(H,39,40)/t26-/m0/s1. The maximum atomic E-state index is 13.3. The summed E-state index contributed by atoms with van der Waals surface area (Å²) in [6.07, 6.45) is 3.05. The number of carboxylic acid groups (broad SMARTS) is 1. The van der Waals surface area contributed by atoms with Gasteiger partial charge in [-0.15, -0.1) is 0 Å². The van der Waals surface area contributed by atoms with Crippen molar-refractivity contribution in [2.24, 2.45) is 5.92 Å². The first-order valence-electron chi connectivity index (χ1n) is 14.5. The van der Waals surface area contributed by atoms with Gasteiger partial charge >= 0.3 is 5.97 Å². The Bertz CT molecular complexity index is 1370. The third-order valence-electron chi connectivity index (χ3n) is 7.42. The average molecular weight is 581 g/mol. The summed E-state index contributed by atoms with van der Waals surface area (Å²) in [5.74, 6) is -1.79. The Hall–Kier alpha value is -4.03. The van der Waals surface area contributed by atoms with Crippen LogP contribution >= 0.6 is 0 Å². The highest BCUT2D eigenvalue weighted by Crippen LogP contribution is 2.26. The number of aromatic nitrogens is 3. The molecule has 0 aliphatic carbocycles. The Balaban J connectivity index is 1.59. The number of carbonyl (C=O) groups is 3. The van der Waals surface area contributed by atoms with E-state index in [1.807, 2.05) is 38.1 Å². The average Bonchev–Trinajstić information content (AvgIpc) is 3.66. The van der Waals surface area contributed by atoms with E-state index in [4.69, 9.17) is 14.3 Å². The minimum Gasteiger partial charge on any atom is -0.480 e. The fourth-order valence-corrected chi connectivity index (χ4v) is 4.77. The predicted molar refractivity (Wildman–Crippen MR) is 156 cm³/mol. The number of nitrogens with one attached hydrogen (secondary N) is 2. The number of amides is 2. The zero-order valence-corrected chi connectivity index (χ0v) is 24.6. The maximum absolute atomic E-state index is 13.3. The van der Waals surface area contributed by atoms with Gasteiger partial charge in [0.15, 0.2) is 0 Å². The molecule has 1 aliphatic rings. The Morgan fingerprint density at radius 3 is 2.38 bits per heavy atom. The van der Waals surface area contributed by atoms with Gasteiger partial charge in [0.1, 0.15) is 11.7 Å². The Morgan fingerprint density at radius 2 is 1.71 bits per heavy atom. The minimum absolute atomic E-state index is 0.0606. The molecule has 0 bridgehead atoms. The highest BCUT2D eigenvalue weighted by Gasteiger charge is 2.27. The predicted octanol–water partition coefficient (Wildman–Crippen LogP) is 3.29. The number of aliphatic carboxylic acids is 1. The Labute approximate surface area is 245 Å². The highest BCUT2D eigenvalue weighted by atomic mass is 16.5. The number of carbonyl (C=O) groups excluding carboxylic acids is 2. The number of ether oxygens (including phenoxy) is 1. The fraction of sp³-hybridized carbons (Fsp3) is 0.500. The summed E-state index contributed by atoms with van der Waals surface area (Å²) < 4.78 is 12.8. The number of benzene rings is 1. The second kappa shape index (κ2) is 14.2. The molecular formula is C30H40N6O6. The van der Waals surface area contributed by atoms with Gasteiger partial charge in [0.25, 0.3) is 11.8 Å². The fourth-order valence-electron chi connectivity index (χ4n) is 4.77. The number of hydrogen-bond acceptors (Lipinski definition) is 8. The van der Waals surface area contributed by atoms with Gasteiger partial charge in [-0.25, -0.2) is 9.78 Å². The van der Waals surface area contributed by atoms with Gasteiger partial charge in [0, 0.05) is 36.8 Å². The van der Waals surface area contributed by atoms with Gasteiger partial charge in [0.05, 0.1) is 31.6 Å². The summed E-state index contributed by atoms with van der Waals surface area (Å²) in [6, 6.07) is 8.03. The van der Waals surface area contributed by atoms with Crippen LogP contribution in [0.15, 0.2) is 40.9 Å². The van der Waals surface area contributed by atoms with Crippen molar-refractivity contribution >= 4 is 17.8 Å². The lowest BCUT2D eigenvalue weighted by Crippen LogP contribution is -2.45. The van der Waals surface area contributed by atoms with E-state index >= 15 is 0 Å². The number of hydrogen-bond donors (Lipinski definition) is 3. The molecule has 226 valence electrons. The van der Waals surface area contributed by atoms with Crippen LogP contribution in [0.1, 0.15) is 61.6 Å². The number of nitrogens with zero attached hydrogens (tertiary/aromatic N) is 4. The molecule has 1 aromatic carbocycles. The highest BCUT2D eigenvalue weighted by molar-refractivity contribution is 5.96. The molecule has 12 nitrogen and oxygen atoms in total. The van der Waals surface area contributed by atoms with Crippen LogP contribution in [0.25, 0.3) is 22.7 Å². The van der Waals surface area contributed by atoms with E-state index in [9.17, 15) is 19.5 Å². The van der Waals surface area contributed by atoms with Gasteiger partial charge in [-0.1, -0.05) is 39.8 Å². The van der Waals surface area contributed by atoms with Crippen molar-refractivity contribution in [1.82, 2.24) is 30.3 Å². The molecule has 2 amide bonds. The maximum Gasteiger partial charge on any atom is 0.326 e. The second-order valence-corrected chi connectivity index (χ2v) is 10.7. The molecule has 1 saturated heterocycles. The molecular weight excluding hydrogens is 540 g/mol. The van der Waals surface area contributed by atoms with Crippen molar-refractivity contribution in [3.8, 4) is 22.7 Å². The van der Waals surface area contributed by atoms with Crippen molar-refractivity contribution in [2.75, 3.05) is 32.8 Å². The van der Waals surface area contributed by atoms with Crippen LogP contribution in [0.3, 0.4) is 0 Å². The monoisotopic (exact) mass is 580 g/mol. The summed E-state index contributed by atoms with van der Waals surface area (Å²) in [6.45, 7) is 11.5. The number of carboxylic acids is 1. The Morgan fingerprint density at radius 1 is 1.00 bits per heavy atom. The minimum atomic E-state index is -1.09. The van der Waals surface area contributed by atoms with E-state index in [2.05, 4.69) is 20.5 Å². The van der Waals surface area contributed by atoms with E-state index in [-0.39, 0.29) is 35.2 Å². The molecule has 1 aliphatic heterocycles. The smallest absolute Gasteiger partial charge is 0.326 e. The van der Waals surface area contributed by atoms with E-state index in [0.29, 0.717) is 43.1 Å². The summed E-state index contributed by atoms with van der Waals surface area (Å²) >= 11 is 0. The largest absolute Gasteiger partial charge is 0.480 e. The van der Waals surface area contributed by atoms with Crippen LogP contribution in [-0.2, 0) is 16.1 Å².